The number of carbonyl (C=O) groups is 6. The molecule has 1 heterocycles. The normalized spacial score (nSPS) is 15.0. The Morgan fingerprint density at radius 1 is 0.905 bits per heavy atom. The van der Waals surface area contributed by atoms with E-state index in [9.17, 15) is 28.8 Å². The molecule has 1 aliphatic carbocycles. The largest absolute Gasteiger partial charge is 0.460 e. The summed E-state index contributed by atoms with van der Waals surface area (Å²) < 4.78 is 10.8. The van der Waals surface area contributed by atoms with Gasteiger partial charge in [0.2, 0.25) is 5.91 Å². The number of hydrogen-bond donors (Lipinski definition) is 2. The lowest BCUT2D eigenvalue weighted by Gasteiger charge is -2.22. The van der Waals surface area contributed by atoms with Crippen LogP contribution in [0.1, 0.15) is 63.5 Å². The third-order valence-corrected chi connectivity index (χ3v) is 6.62. The molecule has 222 valence electrons. The van der Waals surface area contributed by atoms with E-state index >= 15 is 0 Å². The van der Waals surface area contributed by atoms with E-state index in [0.29, 0.717) is 5.06 Å². The van der Waals surface area contributed by atoms with Crippen molar-refractivity contribution in [3.8, 4) is 11.1 Å². The van der Waals surface area contributed by atoms with Crippen LogP contribution in [0, 0.1) is 0 Å². The monoisotopic (exact) mass is 579 g/mol. The standard InChI is InChI=1S/C30H33N3O9/c1-30(2,3)41-26(36)15-12-23(28(38)31-16-27(37)42-33-24(34)13-14-25(33)35)32-29(39)40-17-22-20-10-6-4-8-18(20)19-9-5-7-11-21(19)22/h4-11,22-23H,12-17H2,1-3H3,(H,31,38)(H,32,39)/t23-/m0/s1. The number of amides is 4. The maximum absolute atomic E-state index is 12.9. The number of nitrogens with zero attached hydrogens (tertiary/aromatic N) is 1. The predicted molar refractivity (Wildman–Crippen MR) is 147 cm³/mol. The fraction of sp³-hybridized carbons (Fsp3) is 0.400. The zero-order valence-corrected chi connectivity index (χ0v) is 23.6. The van der Waals surface area contributed by atoms with Crippen LogP contribution in [-0.4, -0.2) is 65.6 Å². The lowest BCUT2D eigenvalue weighted by atomic mass is 9.98. The van der Waals surface area contributed by atoms with E-state index in [-0.39, 0.29) is 38.2 Å². The van der Waals surface area contributed by atoms with Gasteiger partial charge in [0.05, 0.1) is 0 Å². The molecule has 0 bridgehead atoms. The average molecular weight is 580 g/mol. The third-order valence-electron chi connectivity index (χ3n) is 6.62. The third kappa shape index (κ3) is 7.50. The number of imide groups is 1. The van der Waals surface area contributed by atoms with Crippen molar-refractivity contribution < 1.29 is 43.1 Å². The number of rotatable bonds is 10. The molecule has 2 aromatic rings. The van der Waals surface area contributed by atoms with Gasteiger partial charge in [-0.1, -0.05) is 48.5 Å². The van der Waals surface area contributed by atoms with Crippen molar-refractivity contribution in [1.82, 2.24) is 15.7 Å². The minimum Gasteiger partial charge on any atom is -0.460 e. The molecule has 2 aromatic carbocycles. The molecule has 42 heavy (non-hydrogen) atoms. The fourth-order valence-electron chi connectivity index (χ4n) is 4.78. The van der Waals surface area contributed by atoms with E-state index in [1.165, 1.54) is 0 Å². The van der Waals surface area contributed by atoms with Crippen LogP contribution < -0.4 is 10.6 Å². The highest BCUT2D eigenvalue weighted by Gasteiger charge is 2.34. The van der Waals surface area contributed by atoms with Crippen LogP contribution in [0.2, 0.25) is 0 Å². The number of esters is 1. The number of nitrogens with one attached hydrogen (secondary N) is 2. The Bertz CT molecular complexity index is 1340. The molecular weight excluding hydrogens is 546 g/mol. The summed E-state index contributed by atoms with van der Waals surface area (Å²) in [7, 11) is 0. The van der Waals surface area contributed by atoms with Crippen LogP contribution in [0.25, 0.3) is 11.1 Å². The first-order valence-corrected chi connectivity index (χ1v) is 13.6. The molecule has 0 saturated carbocycles. The lowest BCUT2D eigenvalue weighted by Crippen LogP contribution is -2.49. The molecule has 12 nitrogen and oxygen atoms in total. The van der Waals surface area contributed by atoms with Gasteiger partial charge >= 0.3 is 18.0 Å². The maximum atomic E-state index is 12.9. The maximum Gasteiger partial charge on any atom is 0.407 e. The second kappa shape index (κ2) is 12.8. The Kier molecular flexibility index (Phi) is 9.24. The van der Waals surface area contributed by atoms with Gasteiger partial charge in [-0.25, -0.2) is 9.59 Å². The van der Waals surface area contributed by atoms with E-state index in [1.54, 1.807) is 20.8 Å². The van der Waals surface area contributed by atoms with Gasteiger partial charge < -0.3 is 24.9 Å². The molecule has 1 fully saturated rings. The molecule has 0 radical (unpaired) electrons. The number of benzene rings is 2. The first kappa shape index (κ1) is 30.2. The number of alkyl carbamates (subject to hydrolysis) is 1. The topological polar surface area (TPSA) is 157 Å². The van der Waals surface area contributed by atoms with Gasteiger partial charge in [-0.05, 0) is 49.4 Å². The molecule has 0 spiro atoms. The van der Waals surface area contributed by atoms with Crippen molar-refractivity contribution in [3.63, 3.8) is 0 Å². The second-order valence-corrected chi connectivity index (χ2v) is 10.9. The van der Waals surface area contributed by atoms with Gasteiger partial charge in [0.1, 0.15) is 24.8 Å². The molecule has 2 aliphatic rings. The van der Waals surface area contributed by atoms with Crippen molar-refractivity contribution in [2.75, 3.05) is 13.2 Å². The number of hydroxylamine groups is 2. The second-order valence-electron chi connectivity index (χ2n) is 10.9. The number of hydrogen-bond acceptors (Lipinski definition) is 9. The molecule has 1 saturated heterocycles. The van der Waals surface area contributed by atoms with Crippen LogP contribution in [0.15, 0.2) is 48.5 Å². The van der Waals surface area contributed by atoms with Crippen LogP contribution in [-0.2, 0) is 38.3 Å². The zero-order valence-electron chi connectivity index (χ0n) is 23.6. The van der Waals surface area contributed by atoms with Crippen LogP contribution in [0.3, 0.4) is 0 Å². The summed E-state index contributed by atoms with van der Waals surface area (Å²) in [5.41, 5.74) is 3.39. The van der Waals surface area contributed by atoms with Crippen molar-refractivity contribution in [1.29, 1.82) is 0 Å². The Morgan fingerprint density at radius 2 is 1.48 bits per heavy atom. The van der Waals surface area contributed by atoms with Crippen molar-refractivity contribution >= 4 is 35.8 Å². The summed E-state index contributed by atoms with van der Waals surface area (Å²) in [6, 6.07) is 14.4. The molecule has 12 heteroatoms. The van der Waals surface area contributed by atoms with Gasteiger partial charge in [0, 0.05) is 25.2 Å². The number of ether oxygens (including phenoxy) is 2. The van der Waals surface area contributed by atoms with Crippen LogP contribution in [0.5, 0.6) is 0 Å². The molecule has 1 aliphatic heterocycles. The quantitative estimate of drug-likeness (QED) is 0.319. The summed E-state index contributed by atoms with van der Waals surface area (Å²) in [6.07, 6.45) is -1.40. The molecule has 0 aromatic heterocycles. The zero-order chi connectivity index (χ0) is 30.4. The summed E-state index contributed by atoms with van der Waals surface area (Å²) in [5, 5.41) is 5.13. The average Bonchev–Trinajstić information content (AvgIpc) is 3.43. The highest BCUT2D eigenvalue weighted by molar-refractivity contribution is 6.01. The minimum atomic E-state index is -1.27. The van der Waals surface area contributed by atoms with E-state index in [1.807, 2.05) is 48.5 Å². The van der Waals surface area contributed by atoms with Crippen molar-refractivity contribution in [2.24, 2.45) is 0 Å². The van der Waals surface area contributed by atoms with E-state index in [4.69, 9.17) is 14.3 Å². The van der Waals surface area contributed by atoms with Gasteiger partial charge in [-0.2, -0.15) is 0 Å². The summed E-state index contributed by atoms with van der Waals surface area (Å²) in [6.45, 7) is 4.41. The molecule has 1 atom stereocenters. The van der Waals surface area contributed by atoms with E-state index < -0.39 is 53.9 Å². The highest BCUT2D eigenvalue weighted by Crippen LogP contribution is 2.44. The number of fused-ring (bicyclic) bond motifs is 3. The Hall–Kier alpha value is -4.74. The Labute approximate surface area is 242 Å². The van der Waals surface area contributed by atoms with Gasteiger partial charge in [-0.15, -0.1) is 5.06 Å². The van der Waals surface area contributed by atoms with Gasteiger partial charge in [0.15, 0.2) is 0 Å². The smallest absolute Gasteiger partial charge is 0.407 e. The molecule has 0 unspecified atom stereocenters. The minimum absolute atomic E-state index is 0.00445. The highest BCUT2D eigenvalue weighted by atomic mass is 16.7. The van der Waals surface area contributed by atoms with Crippen LogP contribution in [0.4, 0.5) is 4.79 Å². The number of carbonyl (C=O) groups excluding carboxylic acids is 6. The summed E-state index contributed by atoms with van der Waals surface area (Å²) in [5.74, 6) is -3.97. The Morgan fingerprint density at radius 3 is 2.05 bits per heavy atom. The predicted octanol–water partition coefficient (Wildman–Crippen LogP) is 2.74. The van der Waals surface area contributed by atoms with Gasteiger partial charge in [-0.3, -0.25) is 19.2 Å². The molecule has 4 rings (SSSR count). The molecule has 2 N–H and O–H groups in total. The van der Waals surface area contributed by atoms with E-state index in [2.05, 4.69) is 10.6 Å². The van der Waals surface area contributed by atoms with Gasteiger partial charge in [0.25, 0.3) is 11.8 Å². The van der Waals surface area contributed by atoms with Crippen LogP contribution >= 0.6 is 0 Å². The lowest BCUT2D eigenvalue weighted by molar-refractivity contribution is -0.196. The summed E-state index contributed by atoms with van der Waals surface area (Å²) in [4.78, 5) is 78.3. The van der Waals surface area contributed by atoms with E-state index in [0.717, 1.165) is 22.3 Å². The molecular formula is C30H33N3O9. The Balaban J connectivity index is 1.37. The fourth-order valence-corrected chi connectivity index (χ4v) is 4.78. The molecule has 4 amide bonds. The first-order chi connectivity index (χ1) is 19.9. The summed E-state index contributed by atoms with van der Waals surface area (Å²) >= 11 is 0. The first-order valence-electron chi connectivity index (χ1n) is 13.6. The SMILES string of the molecule is CC(C)(C)OC(=O)CC[C@H](NC(=O)OCC1c2ccccc2-c2ccccc21)C(=O)NCC(=O)ON1C(=O)CCC1=O. The van der Waals surface area contributed by atoms with Crippen molar-refractivity contribution in [2.45, 2.75) is 64.0 Å². The van der Waals surface area contributed by atoms with Crippen molar-refractivity contribution in [3.05, 3.63) is 59.7 Å².